The lowest BCUT2D eigenvalue weighted by molar-refractivity contribution is 0.545. The Morgan fingerprint density at radius 1 is 1.26 bits per heavy atom. The minimum Gasteiger partial charge on any atom is -0.443 e. The van der Waals surface area contributed by atoms with E-state index in [0.29, 0.717) is 33.8 Å². The Morgan fingerprint density at radius 3 is 2.58 bits per heavy atom. The highest BCUT2D eigenvalue weighted by Crippen LogP contribution is 2.36. The van der Waals surface area contributed by atoms with Crippen LogP contribution in [-0.2, 0) is 6.54 Å². The average molecular weight is 299 g/mol. The number of rotatable bonds is 5. The van der Waals surface area contributed by atoms with Crippen LogP contribution in [0.4, 0.5) is 0 Å². The van der Waals surface area contributed by atoms with E-state index >= 15 is 0 Å². The molecule has 3 nitrogen and oxygen atoms in total. The molecule has 0 radical (unpaired) electrons. The van der Waals surface area contributed by atoms with Gasteiger partial charge in [0.2, 0.25) is 0 Å². The summed E-state index contributed by atoms with van der Waals surface area (Å²) in [5, 5.41) is 4.46. The van der Waals surface area contributed by atoms with Gasteiger partial charge in [-0.05, 0) is 24.6 Å². The van der Waals surface area contributed by atoms with Gasteiger partial charge in [0.1, 0.15) is 5.69 Å². The molecule has 0 saturated carbocycles. The standard InChI is InChI=1S/C14H16Cl2N2O/c1-9(2)6-17-7-12-14(19-8-18-12)13-10(15)4-3-5-11(13)16/h3-5,8-9,17H,6-7H2,1-2H3. The quantitative estimate of drug-likeness (QED) is 0.889. The normalized spacial score (nSPS) is 11.2. The number of benzene rings is 1. The van der Waals surface area contributed by atoms with Crippen LogP contribution in [0.5, 0.6) is 0 Å². The predicted octanol–water partition coefficient (Wildman–Crippen LogP) is 4.39. The van der Waals surface area contributed by atoms with Crippen LogP contribution in [0.25, 0.3) is 11.3 Å². The molecule has 0 bridgehead atoms. The summed E-state index contributed by atoms with van der Waals surface area (Å²) in [5.74, 6) is 1.21. The maximum absolute atomic E-state index is 6.18. The van der Waals surface area contributed by atoms with Crippen molar-refractivity contribution in [2.45, 2.75) is 20.4 Å². The molecule has 0 atom stereocenters. The molecule has 0 unspecified atom stereocenters. The Hall–Kier alpha value is -1.03. The van der Waals surface area contributed by atoms with Crippen LogP contribution in [0.15, 0.2) is 29.0 Å². The van der Waals surface area contributed by atoms with Gasteiger partial charge in [0.25, 0.3) is 0 Å². The van der Waals surface area contributed by atoms with Gasteiger partial charge in [-0.15, -0.1) is 0 Å². The van der Waals surface area contributed by atoms with Crippen LogP contribution in [0.3, 0.4) is 0 Å². The molecular formula is C14H16Cl2N2O. The van der Waals surface area contributed by atoms with Gasteiger partial charge in [-0.25, -0.2) is 4.98 Å². The van der Waals surface area contributed by atoms with Crippen molar-refractivity contribution in [1.82, 2.24) is 10.3 Å². The molecular weight excluding hydrogens is 283 g/mol. The summed E-state index contributed by atoms with van der Waals surface area (Å²) >= 11 is 12.4. The minimum absolute atomic E-state index is 0.564. The molecule has 102 valence electrons. The maximum Gasteiger partial charge on any atom is 0.181 e. The Kier molecular flexibility index (Phi) is 4.86. The van der Waals surface area contributed by atoms with E-state index in [9.17, 15) is 0 Å². The third kappa shape index (κ3) is 3.50. The Labute approximate surface area is 122 Å². The van der Waals surface area contributed by atoms with Crippen molar-refractivity contribution in [3.05, 3.63) is 40.3 Å². The molecule has 5 heteroatoms. The Morgan fingerprint density at radius 2 is 1.95 bits per heavy atom. The number of nitrogens with zero attached hydrogens (tertiary/aromatic N) is 1. The van der Waals surface area contributed by atoms with Gasteiger partial charge >= 0.3 is 0 Å². The highest BCUT2D eigenvalue weighted by molar-refractivity contribution is 6.39. The first-order chi connectivity index (χ1) is 9.09. The van der Waals surface area contributed by atoms with Crippen LogP contribution in [0.1, 0.15) is 19.5 Å². The molecule has 1 N–H and O–H groups in total. The molecule has 0 aliphatic heterocycles. The van der Waals surface area contributed by atoms with Crippen LogP contribution in [-0.4, -0.2) is 11.5 Å². The molecule has 1 heterocycles. The van der Waals surface area contributed by atoms with E-state index in [-0.39, 0.29) is 0 Å². The third-order valence-electron chi connectivity index (χ3n) is 2.68. The van der Waals surface area contributed by atoms with Gasteiger partial charge < -0.3 is 9.73 Å². The Balaban J connectivity index is 2.24. The van der Waals surface area contributed by atoms with Crippen molar-refractivity contribution < 1.29 is 4.42 Å². The zero-order valence-electron chi connectivity index (χ0n) is 10.9. The van der Waals surface area contributed by atoms with Gasteiger partial charge in [0.15, 0.2) is 12.2 Å². The van der Waals surface area contributed by atoms with Gasteiger partial charge in [-0.2, -0.15) is 0 Å². The summed E-state index contributed by atoms with van der Waals surface area (Å²) in [6, 6.07) is 5.38. The lowest BCUT2D eigenvalue weighted by Gasteiger charge is -2.08. The first-order valence-corrected chi connectivity index (χ1v) is 6.92. The number of hydrogen-bond acceptors (Lipinski definition) is 3. The van der Waals surface area contributed by atoms with E-state index in [1.54, 1.807) is 18.2 Å². The number of hydrogen-bond donors (Lipinski definition) is 1. The molecule has 0 aliphatic carbocycles. The van der Waals surface area contributed by atoms with Crippen LogP contribution in [0.2, 0.25) is 10.0 Å². The largest absolute Gasteiger partial charge is 0.443 e. The third-order valence-corrected chi connectivity index (χ3v) is 3.31. The van der Waals surface area contributed by atoms with Crippen molar-refractivity contribution in [2.75, 3.05) is 6.54 Å². The molecule has 1 aromatic carbocycles. The second kappa shape index (κ2) is 6.42. The van der Waals surface area contributed by atoms with Crippen LogP contribution < -0.4 is 5.32 Å². The molecule has 0 fully saturated rings. The monoisotopic (exact) mass is 298 g/mol. The van der Waals surface area contributed by atoms with Crippen molar-refractivity contribution >= 4 is 23.2 Å². The van der Waals surface area contributed by atoms with Crippen LogP contribution >= 0.6 is 23.2 Å². The summed E-state index contributed by atoms with van der Waals surface area (Å²) in [6.45, 7) is 5.86. The van der Waals surface area contributed by atoms with E-state index in [1.165, 1.54) is 6.39 Å². The van der Waals surface area contributed by atoms with Crippen molar-refractivity contribution in [2.24, 2.45) is 5.92 Å². The fraction of sp³-hybridized carbons (Fsp3) is 0.357. The van der Waals surface area contributed by atoms with Gasteiger partial charge in [0.05, 0.1) is 15.6 Å². The highest BCUT2D eigenvalue weighted by Gasteiger charge is 2.16. The number of aromatic nitrogens is 1. The van der Waals surface area contributed by atoms with Crippen molar-refractivity contribution in [3.8, 4) is 11.3 Å². The summed E-state index contributed by atoms with van der Waals surface area (Å²) in [5.41, 5.74) is 1.51. The van der Waals surface area contributed by atoms with Gasteiger partial charge in [-0.1, -0.05) is 43.1 Å². The number of nitrogens with one attached hydrogen (secondary N) is 1. The second-order valence-corrected chi connectivity index (χ2v) is 5.56. The van der Waals surface area contributed by atoms with Crippen molar-refractivity contribution in [1.29, 1.82) is 0 Å². The fourth-order valence-corrected chi connectivity index (χ4v) is 2.36. The average Bonchev–Trinajstić information content (AvgIpc) is 2.77. The number of oxazole rings is 1. The molecule has 0 saturated heterocycles. The molecule has 19 heavy (non-hydrogen) atoms. The molecule has 0 spiro atoms. The SMILES string of the molecule is CC(C)CNCc1ncoc1-c1c(Cl)cccc1Cl. The molecule has 1 aromatic heterocycles. The van der Waals surface area contributed by atoms with E-state index < -0.39 is 0 Å². The minimum atomic E-state index is 0.564. The lowest BCUT2D eigenvalue weighted by Crippen LogP contribution is -2.19. The van der Waals surface area contributed by atoms with E-state index in [4.69, 9.17) is 27.6 Å². The smallest absolute Gasteiger partial charge is 0.181 e. The zero-order valence-corrected chi connectivity index (χ0v) is 12.4. The van der Waals surface area contributed by atoms with E-state index in [1.807, 2.05) is 0 Å². The molecule has 0 amide bonds. The summed E-state index contributed by atoms with van der Waals surface area (Å²) < 4.78 is 5.45. The lowest BCUT2D eigenvalue weighted by atomic mass is 10.1. The molecule has 0 aliphatic rings. The maximum atomic E-state index is 6.18. The summed E-state index contributed by atoms with van der Waals surface area (Å²) in [4.78, 5) is 4.23. The predicted molar refractivity (Wildman–Crippen MR) is 78.5 cm³/mol. The topological polar surface area (TPSA) is 38.1 Å². The molecule has 2 aromatic rings. The summed E-state index contributed by atoms with van der Waals surface area (Å²) in [7, 11) is 0. The van der Waals surface area contributed by atoms with Crippen LogP contribution in [0, 0.1) is 5.92 Å². The van der Waals surface area contributed by atoms with Gasteiger partial charge in [-0.3, -0.25) is 0 Å². The Bertz CT molecular complexity index is 532. The van der Waals surface area contributed by atoms with E-state index in [2.05, 4.69) is 24.1 Å². The first kappa shape index (κ1) is 14.4. The highest BCUT2D eigenvalue weighted by atomic mass is 35.5. The van der Waals surface area contributed by atoms with Crippen molar-refractivity contribution in [3.63, 3.8) is 0 Å². The molecule has 2 rings (SSSR count). The second-order valence-electron chi connectivity index (χ2n) is 4.75. The number of halogens is 2. The first-order valence-electron chi connectivity index (χ1n) is 6.17. The summed E-state index contributed by atoms with van der Waals surface area (Å²) in [6.07, 6.45) is 1.42. The van der Waals surface area contributed by atoms with E-state index in [0.717, 1.165) is 12.2 Å². The fourth-order valence-electron chi connectivity index (χ4n) is 1.79. The zero-order chi connectivity index (χ0) is 13.8. The van der Waals surface area contributed by atoms with Gasteiger partial charge in [0, 0.05) is 6.54 Å².